The number of hydrogen-bond acceptors (Lipinski definition) is 4. The van der Waals surface area contributed by atoms with Crippen LogP contribution in [0.4, 0.5) is 0 Å². The Morgan fingerprint density at radius 3 is 2.20 bits per heavy atom. The van der Waals surface area contributed by atoms with Crippen molar-refractivity contribution < 1.29 is 24.2 Å². The number of carboxylic acid groups (broad SMARTS) is 1. The number of carboxylic acids is 1. The van der Waals surface area contributed by atoms with E-state index >= 15 is 0 Å². The number of ether oxygens (including phenoxy) is 1. The molecule has 0 unspecified atom stereocenters. The van der Waals surface area contributed by atoms with E-state index in [4.69, 9.17) is 4.74 Å². The zero-order valence-corrected chi connectivity index (χ0v) is 16.4. The average Bonchev–Trinajstić information content (AvgIpc) is 2.74. The quantitative estimate of drug-likeness (QED) is 0.463. The third kappa shape index (κ3) is 5.54. The summed E-state index contributed by atoms with van der Waals surface area (Å²) in [5, 5.41) is 12.1. The fourth-order valence-corrected chi connectivity index (χ4v) is 3.01. The van der Waals surface area contributed by atoms with Crippen molar-refractivity contribution in [3.63, 3.8) is 0 Å². The van der Waals surface area contributed by atoms with Gasteiger partial charge in [0.25, 0.3) is 5.91 Å². The molecule has 0 saturated heterocycles. The van der Waals surface area contributed by atoms with Crippen molar-refractivity contribution in [3.05, 3.63) is 90.0 Å². The molecule has 152 valence electrons. The number of carbonyl (C=O) groups is 3. The van der Waals surface area contributed by atoms with Crippen LogP contribution >= 0.6 is 0 Å². The van der Waals surface area contributed by atoms with Crippen molar-refractivity contribution in [2.75, 3.05) is 0 Å². The summed E-state index contributed by atoms with van der Waals surface area (Å²) in [6, 6.07) is 22.3. The van der Waals surface area contributed by atoms with Gasteiger partial charge in [-0.25, -0.2) is 4.79 Å². The Kier molecular flexibility index (Phi) is 6.60. The number of amides is 1. The van der Waals surface area contributed by atoms with Crippen LogP contribution in [-0.4, -0.2) is 29.0 Å². The van der Waals surface area contributed by atoms with Crippen LogP contribution in [0.2, 0.25) is 0 Å². The van der Waals surface area contributed by atoms with E-state index in [1.807, 2.05) is 54.6 Å². The normalized spacial score (nSPS) is 11.4. The van der Waals surface area contributed by atoms with Crippen molar-refractivity contribution in [3.8, 4) is 16.9 Å². The number of hydrogen-bond donors (Lipinski definition) is 2. The molecule has 6 nitrogen and oxygen atoms in total. The van der Waals surface area contributed by atoms with Crippen LogP contribution in [0, 0.1) is 0 Å². The van der Waals surface area contributed by atoms with E-state index in [-0.39, 0.29) is 17.7 Å². The lowest BCUT2D eigenvalue weighted by atomic mass is 10.0. The van der Waals surface area contributed by atoms with E-state index in [9.17, 15) is 19.5 Å². The Labute approximate surface area is 174 Å². The molecule has 2 N–H and O–H groups in total. The van der Waals surface area contributed by atoms with Gasteiger partial charge in [0, 0.05) is 18.9 Å². The van der Waals surface area contributed by atoms with Crippen molar-refractivity contribution >= 4 is 17.8 Å². The Balaban J connectivity index is 1.70. The first-order valence-corrected chi connectivity index (χ1v) is 9.39. The number of carbonyl (C=O) groups excluding carboxylic acids is 2. The van der Waals surface area contributed by atoms with Gasteiger partial charge in [-0.05, 0) is 34.9 Å². The Bertz CT molecular complexity index is 1040. The van der Waals surface area contributed by atoms with E-state index < -0.39 is 23.9 Å². The maximum absolute atomic E-state index is 12.5. The Morgan fingerprint density at radius 1 is 0.900 bits per heavy atom. The minimum absolute atomic E-state index is 0.139. The third-order valence-corrected chi connectivity index (χ3v) is 4.46. The van der Waals surface area contributed by atoms with Crippen LogP contribution in [0.5, 0.6) is 5.75 Å². The monoisotopic (exact) mass is 403 g/mol. The fourth-order valence-electron chi connectivity index (χ4n) is 3.01. The molecule has 0 aliphatic heterocycles. The smallest absolute Gasteiger partial charge is 0.326 e. The molecule has 0 aliphatic carbocycles. The Hall–Kier alpha value is -3.93. The second-order valence-corrected chi connectivity index (χ2v) is 6.75. The van der Waals surface area contributed by atoms with E-state index in [1.165, 1.54) is 19.1 Å². The largest absolute Gasteiger partial charge is 0.480 e. The second-order valence-electron chi connectivity index (χ2n) is 6.75. The first-order valence-electron chi connectivity index (χ1n) is 9.39. The van der Waals surface area contributed by atoms with Crippen LogP contribution in [0.3, 0.4) is 0 Å². The average molecular weight is 403 g/mol. The predicted molar refractivity (Wildman–Crippen MR) is 112 cm³/mol. The van der Waals surface area contributed by atoms with Crippen molar-refractivity contribution in [1.29, 1.82) is 0 Å². The minimum atomic E-state index is -1.13. The van der Waals surface area contributed by atoms with E-state index in [0.29, 0.717) is 0 Å². The summed E-state index contributed by atoms with van der Waals surface area (Å²) in [5.41, 5.74) is 3.09. The highest BCUT2D eigenvalue weighted by atomic mass is 16.5. The number of rotatable bonds is 7. The molecule has 0 spiro atoms. The Morgan fingerprint density at radius 2 is 1.57 bits per heavy atom. The van der Waals surface area contributed by atoms with Gasteiger partial charge in [-0.3, -0.25) is 9.59 Å². The van der Waals surface area contributed by atoms with Crippen LogP contribution < -0.4 is 10.1 Å². The third-order valence-electron chi connectivity index (χ3n) is 4.46. The SMILES string of the molecule is CC(=O)Oc1cccc(C(=O)N[C@H](Cc2ccc(-c3ccccc3)cc2)C(=O)O)c1. The van der Waals surface area contributed by atoms with E-state index in [2.05, 4.69) is 5.32 Å². The van der Waals surface area contributed by atoms with Gasteiger partial charge < -0.3 is 15.2 Å². The lowest BCUT2D eigenvalue weighted by molar-refractivity contribution is -0.139. The molecule has 0 aromatic heterocycles. The zero-order chi connectivity index (χ0) is 21.5. The van der Waals surface area contributed by atoms with E-state index in [1.54, 1.807) is 12.1 Å². The highest BCUT2D eigenvalue weighted by molar-refractivity contribution is 5.97. The highest BCUT2D eigenvalue weighted by Crippen LogP contribution is 2.20. The molecule has 0 radical (unpaired) electrons. The van der Waals surface area contributed by atoms with Gasteiger partial charge in [0.05, 0.1) is 0 Å². The van der Waals surface area contributed by atoms with Gasteiger partial charge >= 0.3 is 11.9 Å². The molecule has 3 rings (SSSR count). The summed E-state index contributed by atoms with van der Waals surface area (Å²) in [7, 11) is 0. The number of benzene rings is 3. The van der Waals surface area contributed by atoms with Crippen molar-refractivity contribution in [2.45, 2.75) is 19.4 Å². The molecular weight excluding hydrogens is 382 g/mol. The molecule has 0 aliphatic rings. The lowest BCUT2D eigenvalue weighted by Crippen LogP contribution is -2.42. The first-order chi connectivity index (χ1) is 14.4. The van der Waals surface area contributed by atoms with E-state index in [0.717, 1.165) is 16.7 Å². The zero-order valence-electron chi connectivity index (χ0n) is 16.4. The number of nitrogens with one attached hydrogen (secondary N) is 1. The molecule has 30 heavy (non-hydrogen) atoms. The number of esters is 1. The van der Waals surface area contributed by atoms with Gasteiger partial charge in [0.1, 0.15) is 11.8 Å². The minimum Gasteiger partial charge on any atom is -0.480 e. The molecule has 6 heteroatoms. The molecule has 1 amide bonds. The van der Waals surface area contributed by atoms with Gasteiger partial charge in [-0.15, -0.1) is 0 Å². The van der Waals surface area contributed by atoms with Crippen molar-refractivity contribution in [1.82, 2.24) is 5.32 Å². The lowest BCUT2D eigenvalue weighted by Gasteiger charge is -2.15. The fraction of sp³-hybridized carbons (Fsp3) is 0.125. The van der Waals surface area contributed by atoms with Crippen molar-refractivity contribution in [2.24, 2.45) is 0 Å². The topological polar surface area (TPSA) is 92.7 Å². The van der Waals surface area contributed by atoms with Gasteiger partial charge in [0.2, 0.25) is 0 Å². The highest BCUT2D eigenvalue weighted by Gasteiger charge is 2.21. The van der Waals surface area contributed by atoms with Crippen LogP contribution in [0.25, 0.3) is 11.1 Å². The summed E-state index contributed by atoms with van der Waals surface area (Å²) in [6.07, 6.45) is 0.139. The molecule has 3 aromatic rings. The molecule has 0 heterocycles. The van der Waals surface area contributed by atoms with Gasteiger partial charge in [0.15, 0.2) is 0 Å². The molecule has 1 atom stereocenters. The summed E-state index contributed by atoms with van der Waals surface area (Å²) in [4.78, 5) is 35.3. The molecule has 0 fully saturated rings. The molecular formula is C24H21NO5. The second kappa shape index (κ2) is 9.52. The summed E-state index contributed by atoms with van der Waals surface area (Å²) < 4.78 is 4.97. The molecule has 3 aromatic carbocycles. The maximum Gasteiger partial charge on any atom is 0.326 e. The summed E-state index contributed by atoms with van der Waals surface area (Å²) in [6.45, 7) is 1.26. The first kappa shape index (κ1) is 20.8. The van der Waals surface area contributed by atoms with Crippen LogP contribution in [0.15, 0.2) is 78.9 Å². The predicted octanol–water partition coefficient (Wildman–Crippen LogP) is 3.70. The summed E-state index contributed by atoms with van der Waals surface area (Å²) >= 11 is 0. The molecule has 0 saturated carbocycles. The van der Waals surface area contributed by atoms with Gasteiger partial charge in [-0.1, -0.05) is 60.7 Å². The van der Waals surface area contributed by atoms with Gasteiger partial charge in [-0.2, -0.15) is 0 Å². The molecule has 0 bridgehead atoms. The maximum atomic E-state index is 12.5. The number of aliphatic carboxylic acids is 1. The standard InChI is InChI=1S/C24H21NO5/c1-16(26)30-21-9-5-8-20(15-21)23(27)25-22(24(28)29)14-17-10-12-19(13-11-17)18-6-3-2-4-7-18/h2-13,15,22H,14H2,1H3,(H,25,27)(H,28,29)/t22-/m1/s1. The van der Waals surface area contributed by atoms with Crippen LogP contribution in [0.1, 0.15) is 22.8 Å². The van der Waals surface area contributed by atoms with Crippen LogP contribution in [-0.2, 0) is 16.0 Å². The summed E-state index contributed by atoms with van der Waals surface area (Å²) in [5.74, 6) is -1.97.